The summed E-state index contributed by atoms with van der Waals surface area (Å²) in [6.45, 7) is 8.07. The van der Waals surface area contributed by atoms with Crippen LogP contribution in [0.2, 0.25) is 0 Å². The number of ether oxygens (including phenoxy) is 2. The van der Waals surface area contributed by atoms with Crippen LogP contribution in [0.15, 0.2) is 0 Å². The number of hydrogen-bond acceptors (Lipinski definition) is 2. The van der Waals surface area contributed by atoms with E-state index in [9.17, 15) is 0 Å². The Morgan fingerprint density at radius 1 is 0.533 bits per heavy atom. The van der Waals surface area contributed by atoms with Gasteiger partial charge in [0.1, 0.15) is 0 Å². The fourth-order valence-electron chi connectivity index (χ4n) is 1.36. The smallest absolute Gasteiger partial charge is 0.0466 e. The molecule has 0 aromatic heterocycles. The predicted molar refractivity (Wildman–Crippen MR) is 65.3 cm³/mol. The first-order valence-electron chi connectivity index (χ1n) is 6.57. The monoisotopic (exact) mass is 216 g/mol. The van der Waals surface area contributed by atoms with Gasteiger partial charge in [-0.05, 0) is 25.7 Å². The third kappa shape index (κ3) is 13.9. The van der Waals surface area contributed by atoms with Gasteiger partial charge in [-0.25, -0.2) is 0 Å². The Bertz CT molecular complexity index is 92.7. The van der Waals surface area contributed by atoms with E-state index in [2.05, 4.69) is 13.8 Å². The fourth-order valence-corrected chi connectivity index (χ4v) is 1.36. The molecule has 0 aliphatic carbocycles. The molecule has 0 saturated carbocycles. The molecule has 2 heteroatoms. The van der Waals surface area contributed by atoms with Crippen molar-refractivity contribution in [3.05, 3.63) is 0 Å². The Labute approximate surface area is 95.3 Å². The van der Waals surface area contributed by atoms with E-state index in [1.165, 1.54) is 38.5 Å². The SMILES string of the molecule is CCCCOCCCCCCOCCC. The maximum absolute atomic E-state index is 5.49. The van der Waals surface area contributed by atoms with Crippen molar-refractivity contribution in [2.24, 2.45) is 0 Å². The highest BCUT2D eigenvalue weighted by atomic mass is 16.5. The molecule has 0 amide bonds. The van der Waals surface area contributed by atoms with Crippen LogP contribution in [0.3, 0.4) is 0 Å². The minimum atomic E-state index is 0.917. The van der Waals surface area contributed by atoms with Gasteiger partial charge in [0.25, 0.3) is 0 Å². The topological polar surface area (TPSA) is 18.5 Å². The molecule has 0 aliphatic heterocycles. The van der Waals surface area contributed by atoms with Crippen molar-refractivity contribution in [2.45, 2.75) is 58.8 Å². The number of hydrogen-bond donors (Lipinski definition) is 0. The first-order valence-corrected chi connectivity index (χ1v) is 6.57. The summed E-state index contributed by atoms with van der Waals surface area (Å²) in [5, 5.41) is 0. The molecule has 0 aromatic rings. The lowest BCUT2D eigenvalue weighted by atomic mass is 10.2. The van der Waals surface area contributed by atoms with Crippen molar-refractivity contribution in [1.29, 1.82) is 0 Å². The molecule has 0 aliphatic rings. The largest absolute Gasteiger partial charge is 0.381 e. The average Bonchev–Trinajstić information content (AvgIpc) is 2.26. The van der Waals surface area contributed by atoms with Crippen LogP contribution in [0.5, 0.6) is 0 Å². The molecule has 0 unspecified atom stereocenters. The summed E-state index contributed by atoms with van der Waals surface area (Å²) in [4.78, 5) is 0. The summed E-state index contributed by atoms with van der Waals surface area (Å²) in [6, 6.07) is 0. The van der Waals surface area contributed by atoms with Crippen molar-refractivity contribution >= 4 is 0 Å². The van der Waals surface area contributed by atoms with Gasteiger partial charge in [0.05, 0.1) is 0 Å². The first-order chi connectivity index (χ1) is 7.41. The van der Waals surface area contributed by atoms with Gasteiger partial charge in [-0.1, -0.05) is 33.1 Å². The molecule has 0 rings (SSSR count). The summed E-state index contributed by atoms with van der Waals surface area (Å²) in [6.07, 6.45) is 8.53. The minimum absolute atomic E-state index is 0.917. The van der Waals surface area contributed by atoms with Gasteiger partial charge in [0, 0.05) is 26.4 Å². The summed E-state index contributed by atoms with van der Waals surface area (Å²) in [7, 11) is 0. The molecule has 0 N–H and O–H groups in total. The zero-order valence-electron chi connectivity index (χ0n) is 10.6. The lowest BCUT2D eigenvalue weighted by Gasteiger charge is -2.04. The van der Waals surface area contributed by atoms with Crippen LogP contribution < -0.4 is 0 Å². The first kappa shape index (κ1) is 14.9. The van der Waals surface area contributed by atoms with Crippen molar-refractivity contribution in [3.63, 3.8) is 0 Å². The lowest BCUT2D eigenvalue weighted by Crippen LogP contribution is -1.98. The van der Waals surface area contributed by atoms with Gasteiger partial charge in [-0.2, -0.15) is 0 Å². The number of unbranched alkanes of at least 4 members (excludes halogenated alkanes) is 4. The Morgan fingerprint density at radius 2 is 1.07 bits per heavy atom. The molecule has 0 aromatic carbocycles. The highest BCUT2D eigenvalue weighted by molar-refractivity contribution is 4.43. The van der Waals surface area contributed by atoms with Crippen molar-refractivity contribution in [1.82, 2.24) is 0 Å². The highest BCUT2D eigenvalue weighted by Crippen LogP contribution is 2.01. The van der Waals surface area contributed by atoms with E-state index in [0.717, 1.165) is 32.8 Å². The lowest BCUT2D eigenvalue weighted by molar-refractivity contribution is 0.120. The van der Waals surface area contributed by atoms with Gasteiger partial charge in [0.15, 0.2) is 0 Å². The number of rotatable bonds is 12. The second kappa shape index (κ2) is 13.9. The summed E-state index contributed by atoms with van der Waals surface area (Å²) >= 11 is 0. The molecule has 0 bridgehead atoms. The van der Waals surface area contributed by atoms with Gasteiger partial charge in [-0.15, -0.1) is 0 Å². The van der Waals surface area contributed by atoms with E-state index in [1.54, 1.807) is 0 Å². The van der Waals surface area contributed by atoms with Crippen molar-refractivity contribution in [3.8, 4) is 0 Å². The van der Waals surface area contributed by atoms with Gasteiger partial charge in [0.2, 0.25) is 0 Å². The molecule has 2 nitrogen and oxygen atoms in total. The summed E-state index contributed by atoms with van der Waals surface area (Å²) < 4.78 is 10.9. The Hall–Kier alpha value is -0.0800. The van der Waals surface area contributed by atoms with Crippen molar-refractivity contribution in [2.75, 3.05) is 26.4 Å². The summed E-state index contributed by atoms with van der Waals surface area (Å²) in [5.74, 6) is 0. The van der Waals surface area contributed by atoms with Crippen LogP contribution in [0.4, 0.5) is 0 Å². The molecule has 0 radical (unpaired) electrons. The maximum Gasteiger partial charge on any atom is 0.0466 e. The molecule has 0 fully saturated rings. The molecule has 15 heavy (non-hydrogen) atoms. The van der Waals surface area contributed by atoms with Crippen LogP contribution >= 0.6 is 0 Å². The van der Waals surface area contributed by atoms with Crippen molar-refractivity contribution < 1.29 is 9.47 Å². The quantitative estimate of drug-likeness (QED) is 0.462. The minimum Gasteiger partial charge on any atom is -0.381 e. The zero-order chi connectivity index (χ0) is 11.2. The fraction of sp³-hybridized carbons (Fsp3) is 1.00. The van der Waals surface area contributed by atoms with E-state index in [-0.39, 0.29) is 0 Å². The van der Waals surface area contributed by atoms with Gasteiger partial charge in [-0.3, -0.25) is 0 Å². The van der Waals surface area contributed by atoms with Crippen LogP contribution in [0.1, 0.15) is 58.8 Å². The van der Waals surface area contributed by atoms with Gasteiger partial charge < -0.3 is 9.47 Å². The van der Waals surface area contributed by atoms with Crippen LogP contribution in [-0.4, -0.2) is 26.4 Å². The molecule has 0 atom stereocenters. The second-order valence-corrected chi connectivity index (χ2v) is 3.99. The van der Waals surface area contributed by atoms with Crippen LogP contribution in [0, 0.1) is 0 Å². The Morgan fingerprint density at radius 3 is 1.60 bits per heavy atom. The van der Waals surface area contributed by atoms with E-state index in [4.69, 9.17) is 9.47 Å². The predicted octanol–water partition coefficient (Wildman–Crippen LogP) is 3.79. The third-order valence-corrected chi connectivity index (χ3v) is 2.32. The van der Waals surface area contributed by atoms with Gasteiger partial charge >= 0.3 is 0 Å². The Balaban J connectivity index is 2.81. The van der Waals surface area contributed by atoms with E-state index in [1.807, 2.05) is 0 Å². The Kier molecular flexibility index (Phi) is 13.8. The molecule has 92 valence electrons. The molecular formula is C13H28O2. The molecular weight excluding hydrogens is 188 g/mol. The van der Waals surface area contributed by atoms with Crippen LogP contribution in [-0.2, 0) is 9.47 Å². The molecule has 0 saturated heterocycles. The van der Waals surface area contributed by atoms with E-state index in [0.29, 0.717) is 0 Å². The maximum atomic E-state index is 5.49. The zero-order valence-corrected chi connectivity index (χ0v) is 10.6. The molecule has 0 heterocycles. The average molecular weight is 216 g/mol. The normalized spacial score (nSPS) is 10.8. The second-order valence-electron chi connectivity index (χ2n) is 3.99. The summed E-state index contributed by atoms with van der Waals surface area (Å²) in [5.41, 5.74) is 0. The third-order valence-electron chi connectivity index (χ3n) is 2.32. The van der Waals surface area contributed by atoms with E-state index >= 15 is 0 Å². The standard InChI is InChI=1S/C13H28O2/c1-3-5-11-15-13-9-7-6-8-12-14-10-4-2/h3-13H2,1-2H3. The highest BCUT2D eigenvalue weighted by Gasteiger charge is 1.91. The molecule has 0 spiro atoms. The van der Waals surface area contributed by atoms with E-state index < -0.39 is 0 Å². The van der Waals surface area contributed by atoms with Crippen LogP contribution in [0.25, 0.3) is 0 Å².